The Balaban J connectivity index is 2.51. The Bertz CT molecular complexity index is 380. The molecule has 0 heterocycles. The maximum absolute atomic E-state index is 6.20. The van der Waals surface area contributed by atoms with Gasteiger partial charge >= 0.3 is 0 Å². The van der Waals surface area contributed by atoms with Gasteiger partial charge in [-0.2, -0.15) is 0 Å². The number of halogens is 3. The van der Waals surface area contributed by atoms with E-state index in [0.717, 1.165) is 12.1 Å². The van der Waals surface area contributed by atoms with Crippen LogP contribution in [0.15, 0.2) is 12.1 Å². The molecule has 1 unspecified atom stereocenters. The van der Waals surface area contributed by atoms with Crippen LogP contribution in [0.5, 0.6) is 0 Å². The summed E-state index contributed by atoms with van der Waals surface area (Å²) in [5, 5.41) is 4.95. The summed E-state index contributed by atoms with van der Waals surface area (Å²) in [5.74, 6) is 0. The standard InChI is InChI=1S/C14H20Cl3N/c1-3-4-5-6-9-18-10(2)11-7-8-12(15)14(17)13(11)16/h7-8,10,18H,3-6,9H2,1-2H3. The average Bonchev–Trinajstić information content (AvgIpc) is 2.35. The largest absolute Gasteiger partial charge is 0.310 e. The summed E-state index contributed by atoms with van der Waals surface area (Å²) >= 11 is 18.2. The predicted molar refractivity (Wildman–Crippen MR) is 82.0 cm³/mol. The molecule has 0 aliphatic heterocycles. The topological polar surface area (TPSA) is 12.0 Å². The van der Waals surface area contributed by atoms with E-state index in [2.05, 4.69) is 19.2 Å². The highest BCUT2D eigenvalue weighted by Crippen LogP contribution is 2.35. The Hall–Kier alpha value is 0.0500. The summed E-state index contributed by atoms with van der Waals surface area (Å²) in [6, 6.07) is 3.91. The zero-order valence-electron chi connectivity index (χ0n) is 10.9. The molecular formula is C14H20Cl3N. The average molecular weight is 309 g/mol. The van der Waals surface area contributed by atoms with Crippen LogP contribution in [0.4, 0.5) is 0 Å². The van der Waals surface area contributed by atoms with Crippen molar-refractivity contribution in [1.29, 1.82) is 0 Å². The first kappa shape index (κ1) is 16.1. The number of rotatable bonds is 7. The van der Waals surface area contributed by atoms with Crippen molar-refractivity contribution in [2.24, 2.45) is 0 Å². The molecule has 0 aromatic heterocycles. The second kappa shape index (κ2) is 8.27. The van der Waals surface area contributed by atoms with Gasteiger partial charge in [-0.3, -0.25) is 0 Å². The molecule has 0 spiro atoms. The highest BCUT2D eigenvalue weighted by atomic mass is 35.5. The molecule has 18 heavy (non-hydrogen) atoms. The van der Waals surface area contributed by atoms with Crippen molar-refractivity contribution < 1.29 is 0 Å². The normalized spacial score (nSPS) is 12.7. The van der Waals surface area contributed by atoms with E-state index in [9.17, 15) is 0 Å². The van der Waals surface area contributed by atoms with Gasteiger partial charge in [0.15, 0.2) is 0 Å². The summed E-state index contributed by atoms with van der Waals surface area (Å²) < 4.78 is 0. The molecule has 0 saturated carbocycles. The second-order valence-corrected chi connectivity index (χ2v) is 5.66. The van der Waals surface area contributed by atoms with Crippen LogP contribution in [0.3, 0.4) is 0 Å². The maximum Gasteiger partial charge on any atom is 0.0781 e. The quantitative estimate of drug-likeness (QED) is 0.490. The zero-order valence-corrected chi connectivity index (χ0v) is 13.2. The minimum Gasteiger partial charge on any atom is -0.310 e. The first-order chi connectivity index (χ1) is 8.57. The van der Waals surface area contributed by atoms with E-state index in [0.29, 0.717) is 15.1 Å². The van der Waals surface area contributed by atoms with Crippen LogP contribution < -0.4 is 5.32 Å². The van der Waals surface area contributed by atoms with Crippen molar-refractivity contribution >= 4 is 34.8 Å². The highest BCUT2D eigenvalue weighted by Gasteiger charge is 2.13. The lowest BCUT2D eigenvalue weighted by Crippen LogP contribution is -2.20. The third-order valence-electron chi connectivity index (χ3n) is 3.01. The van der Waals surface area contributed by atoms with Crippen molar-refractivity contribution in [3.05, 3.63) is 32.8 Å². The number of unbranched alkanes of at least 4 members (excludes halogenated alkanes) is 3. The van der Waals surface area contributed by atoms with Gasteiger partial charge in [-0.15, -0.1) is 0 Å². The summed E-state index contributed by atoms with van der Waals surface area (Å²) in [5.41, 5.74) is 1.00. The lowest BCUT2D eigenvalue weighted by molar-refractivity contribution is 0.537. The molecule has 0 fully saturated rings. The molecule has 1 nitrogen and oxygen atoms in total. The van der Waals surface area contributed by atoms with Gasteiger partial charge in [0.05, 0.1) is 15.1 Å². The second-order valence-electron chi connectivity index (χ2n) is 4.50. The van der Waals surface area contributed by atoms with E-state index in [1.807, 2.05) is 6.07 Å². The Labute approximate surface area is 125 Å². The fourth-order valence-corrected chi connectivity index (χ4v) is 2.56. The van der Waals surface area contributed by atoms with Crippen molar-refractivity contribution in [2.45, 2.75) is 45.6 Å². The molecule has 0 aliphatic rings. The van der Waals surface area contributed by atoms with Crippen molar-refractivity contribution in [2.75, 3.05) is 6.54 Å². The number of hydrogen-bond donors (Lipinski definition) is 1. The molecule has 0 amide bonds. The van der Waals surface area contributed by atoms with Crippen LogP contribution >= 0.6 is 34.8 Å². The smallest absolute Gasteiger partial charge is 0.0781 e. The SMILES string of the molecule is CCCCCCNC(C)c1ccc(Cl)c(Cl)c1Cl. The van der Waals surface area contributed by atoms with E-state index in [1.165, 1.54) is 25.7 Å². The molecule has 0 bridgehead atoms. The maximum atomic E-state index is 6.20. The molecular weight excluding hydrogens is 289 g/mol. The highest BCUT2D eigenvalue weighted by molar-refractivity contribution is 6.48. The van der Waals surface area contributed by atoms with E-state index in [-0.39, 0.29) is 6.04 Å². The first-order valence-corrected chi connectivity index (χ1v) is 7.58. The Kier molecular flexibility index (Phi) is 7.40. The minimum absolute atomic E-state index is 0.189. The monoisotopic (exact) mass is 307 g/mol. The third-order valence-corrected chi connectivity index (χ3v) is 4.32. The molecule has 0 radical (unpaired) electrons. The third kappa shape index (κ3) is 4.62. The Morgan fingerprint density at radius 3 is 2.44 bits per heavy atom. The lowest BCUT2D eigenvalue weighted by Gasteiger charge is -2.16. The van der Waals surface area contributed by atoms with Gasteiger partial charge in [0, 0.05) is 6.04 Å². The molecule has 1 atom stereocenters. The molecule has 102 valence electrons. The summed E-state index contributed by atoms with van der Waals surface area (Å²) in [6.07, 6.45) is 5.01. The fourth-order valence-electron chi connectivity index (χ4n) is 1.86. The van der Waals surface area contributed by atoms with Crippen molar-refractivity contribution in [3.8, 4) is 0 Å². The van der Waals surface area contributed by atoms with E-state index >= 15 is 0 Å². The van der Waals surface area contributed by atoms with Crippen LogP contribution in [0.2, 0.25) is 15.1 Å². The molecule has 1 aromatic rings. The molecule has 0 aliphatic carbocycles. The Morgan fingerprint density at radius 2 is 1.78 bits per heavy atom. The summed E-state index contributed by atoms with van der Waals surface area (Å²) in [6.45, 7) is 5.30. The van der Waals surface area contributed by atoms with Gasteiger partial charge in [0.2, 0.25) is 0 Å². The van der Waals surface area contributed by atoms with Gasteiger partial charge in [0.1, 0.15) is 0 Å². The molecule has 4 heteroatoms. The van der Waals surface area contributed by atoms with Crippen LogP contribution in [-0.4, -0.2) is 6.54 Å². The summed E-state index contributed by atoms with van der Waals surface area (Å²) in [7, 11) is 0. The van der Waals surface area contributed by atoms with E-state index in [4.69, 9.17) is 34.8 Å². The molecule has 1 aromatic carbocycles. The number of nitrogens with one attached hydrogen (secondary N) is 1. The lowest BCUT2D eigenvalue weighted by atomic mass is 10.1. The first-order valence-electron chi connectivity index (χ1n) is 6.44. The fraction of sp³-hybridized carbons (Fsp3) is 0.571. The van der Waals surface area contributed by atoms with Crippen LogP contribution in [0, 0.1) is 0 Å². The van der Waals surface area contributed by atoms with Crippen molar-refractivity contribution in [1.82, 2.24) is 5.32 Å². The van der Waals surface area contributed by atoms with Crippen LogP contribution in [0.25, 0.3) is 0 Å². The van der Waals surface area contributed by atoms with Crippen LogP contribution in [-0.2, 0) is 0 Å². The van der Waals surface area contributed by atoms with Gasteiger partial charge in [-0.1, -0.05) is 67.1 Å². The molecule has 1 rings (SSSR count). The van der Waals surface area contributed by atoms with Crippen LogP contribution in [0.1, 0.15) is 51.1 Å². The predicted octanol–water partition coefficient (Wildman–Crippen LogP) is 5.88. The van der Waals surface area contributed by atoms with Crippen molar-refractivity contribution in [3.63, 3.8) is 0 Å². The molecule has 0 saturated heterocycles. The molecule has 1 N–H and O–H groups in total. The zero-order chi connectivity index (χ0) is 13.5. The minimum atomic E-state index is 0.189. The van der Waals surface area contributed by atoms with Gasteiger partial charge < -0.3 is 5.32 Å². The Morgan fingerprint density at radius 1 is 1.06 bits per heavy atom. The van der Waals surface area contributed by atoms with Gasteiger partial charge in [-0.25, -0.2) is 0 Å². The number of benzene rings is 1. The van der Waals surface area contributed by atoms with E-state index in [1.54, 1.807) is 6.07 Å². The van der Waals surface area contributed by atoms with Gasteiger partial charge in [0.25, 0.3) is 0 Å². The van der Waals surface area contributed by atoms with Gasteiger partial charge in [-0.05, 0) is 31.5 Å². The summed E-state index contributed by atoms with van der Waals surface area (Å²) in [4.78, 5) is 0. The number of hydrogen-bond acceptors (Lipinski definition) is 1. The van der Waals surface area contributed by atoms with E-state index < -0.39 is 0 Å².